The van der Waals surface area contributed by atoms with Crippen LogP contribution in [0.1, 0.15) is 12.0 Å². The van der Waals surface area contributed by atoms with Crippen molar-refractivity contribution in [3.05, 3.63) is 63.5 Å². The first-order valence-electron chi connectivity index (χ1n) is 8.41. The predicted octanol–water partition coefficient (Wildman–Crippen LogP) is 4.52. The minimum absolute atomic E-state index is 0.0283. The van der Waals surface area contributed by atoms with E-state index in [4.69, 9.17) is 4.74 Å². The summed E-state index contributed by atoms with van der Waals surface area (Å²) in [5.41, 5.74) is 1.41. The van der Waals surface area contributed by atoms with Gasteiger partial charge in [-0.25, -0.2) is 0 Å². The summed E-state index contributed by atoms with van der Waals surface area (Å²) in [6.45, 7) is 0.0302. The van der Waals surface area contributed by atoms with Crippen LogP contribution < -0.4 is 10.1 Å². The van der Waals surface area contributed by atoms with Gasteiger partial charge in [0, 0.05) is 23.1 Å². The van der Waals surface area contributed by atoms with Gasteiger partial charge in [-0.3, -0.25) is 19.3 Å². The molecule has 0 radical (unpaired) electrons. The molecule has 0 unspecified atom stereocenters. The van der Waals surface area contributed by atoms with Crippen LogP contribution in [0.15, 0.2) is 57.9 Å². The van der Waals surface area contributed by atoms with Crippen molar-refractivity contribution in [2.45, 2.75) is 6.42 Å². The predicted molar refractivity (Wildman–Crippen MR) is 113 cm³/mol. The fourth-order valence-electron chi connectivity index (χ4n) is 2.55. The molecule has 0 aliphatic carbocycles. The number of carbonyl (C=O) groups is 3. The molecular formula is C20H17BrN2O4S. The van der Waals surface area contributed by atoms with Crippen molar-refractivity contribution in [3.8, 4) is 5.75 Å². The van der Waals surface area contributed by atoms with E-state index in [1.807, 2.05) is 18.2 Å². The van der Waals surface area contributed by atoms with Crippen LogP contribution in [0.3, 0.4) is 0 Å². The molecule has 1 saturated heterocycles. The van der Waals surface area contributed by atoms with Crippen molar-refractivity contribution in [2.75, 3.05) is 19.0 Å². The summed E-state index contributed by atoms with van der Waals surface area (Å²) >= 11 is 4.20. The van der Waals surface area contributed by atoms with Gasteiger partial charge in [-0.05, 0) is 59.8 Å². The van der Waals surface area contributed by atoms with Gasteiger partial charge in [0.2, 0.25) is 5.91 Å². The summed E-state index contributed by atoms with van der Waals surface area (Å²) in [6.07, 6.45) is 1.68. The molecule has 2 aromatic rings. The SMILES string of the molecule is COc1cccc(/C=C2/SC(=O)N(CCC(=O)Nc3ccc(Br)cc3)C2=O)c1. The Balaban J connectivity index is 1.61. The number of anilines is 1. The zero-order valence-corrected chi connectivity index (χ0v) is 17.4. The summed E-state index contributed by atoms with van der Waals surface area (Å²) < 4.78 is 6.07. The number of carbonyl (C=O) groups excluding carboxylic acids is 3. The largest absolute Gasteiger partial charge is 0.497 e. The van der Waals surface area contributed by atoms with E-state index >= 15 is 0 Å². The van der Waals surface area contributed by atoms with Gasteiger partial charge in [-0.1, -0.05) is 28.1 Å². The number of hydrogen-bond donors (Lipinski definition) is 1. The zero-order valence-electron chi connectivity index (χ0n) is 15.0. The molecule has 1 fully saturated rings. The first-order valence-corrected chi connectivity index (χ1v) is 10.0. The molecule has 3 amide bonds. The molecule has 1 heterocycles. The normalized spacial score (nSPS) is 15.2. The van der Waals surface area contributed by atoms with Crippen molar-refractivity contribution in [1.82, 2.24) is 4.90 Å². The molecule has 6 nitrogen and oxygen atoms in total. The molecule has 0 aromatic heterocycles. The minimum atomic E-state index is -0.394. The van der Waals surface area contributed by atoms with Crippen molar-refractivity contribution >= 4 is 56.5 Å². The quantitative estimate of drug-likeness (QED) is 0.641. The van der Waals surface area contributed by atoms with Crippen LogP contribution in [-0.4, -0.2) is 35.6 Å². The highest BCUT2D eigenvalue weighted by molar-refractivity contribution is 9.10. The number of methoxy groups -OCH3 is 1. The smallest absolute Gasteiger partial charge is 0.293 e. The number of halogens is 1. The van der Waals surface area contributed by atoms with E-state index in [9.17, 15) is 14.4 Å². The Morgan fingerprint density at radius 1 is 1.21 bits per heavy atom. The van der Waals surface area contributed by atoms with Crippen LogP contribution in [-0.2, 0) is 9.59 Å². The first kappa shape index (κ1) is 20.2. The molecule has 28 heavy (non-hydrogen) atoms. The number of ether oxygens (including phenoxy) is 1. The highest BCUT2D eigenvalue weighted by Crippen LogP contribution is 2.32. The number of nitrogens with one attached hydrogen (secondary N) is 1. The second kappa shape index (κ2) is 9.07. The van der Waals surface area contributed by atoms with Crippen LogP contribution in [0.25, 0.3) is 6.08 Å². The summed E-state index contributed by atoms with van der Waals surface area (Å²) in [6, 6.07) is 14.4. The Labute approximate surface area is 175 Å². The third-order valence-corrected chi connectivity index (χ3v) is 5.39. The van der Waals surface area contributed by atoms with Crippen molar-refractivity contribution in [2.24, 2.45) is 0 Å². The number of thioether (sulfide) groups is 1. The second-order valence-corrected chi connectivity index (χ2v) is 7.82. The standard InChI is InChI=1S/C20H17BrN2O4S/c1-27-16-4-2-3-13(11-16)12-17-19(25)23(20(26)28-17)10-9-18(24)22-15-7-5-14(21)6-8-15/h2-8,11-12H,9-10H2,1H3,(H,22,24)/b17-12+. The monoisotopic (exact) mass is 460 g/mol. The van der Waals surface area contributed by atoms with Gasteiger partial charge in [0.25, 0.3) is 11.1 Å². The van der Waals surface area contributed by atoms with Crippen LogP contribution in [0, 0.1) is 0 Å². The molecular weight excluding hydrogens is 444 g/mol. The maximum absolute atomic E-state index is 12.5. The first-order chi connectivity index (χ1) is 13.5. The van der Waals surface area contributed by atoms with Crippen molar-refractivity contribution in [3.63, 3.8) is 0 Å². The van der Waals surface area contributed by atoms with E-state index in [2.05, 4.69) is 21.2 Å². The highest BCUT2D eigenvalue weighted by Gasteiger charge is 2.35. The summed E-state index contributed by atoms with van der Waals surface area (Å²) in [5, 5.41) is 2.36. The lowest BCUT2D eigenvalue weighted by Crippen LogP contribution is -2.31. The fourth-order valence-corrected chi connectivity index (χ4v) is 3.67. The Hall–Kier alpha value is -2.58. The zero-order chi connectivity index (χ0) is 20.1. The Morgan fingerprint density at radius 2 is 1.96 bits per heavy atom. The maximum atomic E-state index is 12.5. The van der Waals surface area contributed by atoms with Gasteiger partial charge >= 0.3 is 0 Å². The number of amides is 3. The highest BCUT2D eigenvalue weighted by atomic mass is 79.9. The lowest BCUT2D eigenvalue weighted by atomic mass is 10.2. The summed E-state index contributed by atoms with van der Waals surface area (Å²) in [4.78, 5) is 38.2. The van der Waals surface area contributed by atoms with Crippen LogP contribution in [0.2, 0.25) is 0 Å². The van der Waals surface area contributed by atoms with Crippen molar-refractivity contribution in [1.29, 1.82) is 0 Å². The van der Waals surface area contributed by atoms with E-state index in [1.54, 1.807) is 43.5 Å². The lowest BCUT2D eigenvalue weighted by Gasteiger charge is -2.12. The average Bonchev–Trinajstić information content (AvgIpc) is 2.95. The minimum Gasteiger partial charge on any atom is -0.497 e. The van der Waals surface area contributed by atoms with Gasteiger partial charge in [-0.2, -0.15) is 0 Å². The number of nitrogens with zero attached hydrogens (tertiary/aromatic N) is 1. The lowest BCUT2D eigenvalue weighted by molar-refractivity contribution is -0.123. The number of rotatable bonds is 6. The Kier molecular flexibility index (Phi) is 6.53. The second-order valence-electron chi connectivity index (χ2n) is 5.92. The fraction of sp³-hybridized carbons (Fsp3) is 0.150. The van der Waals surface area contributed by atoms with Crippen LogP contribution in [0.4, 0.5) is 10.5 Å². The number of imide groups is 1. The Bertz CT molecular complexity index is 943. The van der Waals surface area contributed by atoms with E-state index in [1.165, 1.54) is 0 Å². The van der Waals surface area contributed by atoms with E-state index < -0.39 is 5.91 Å². The maximum Gasteiger partial charge on any atom is 0.293 e. The molecule has 0 atom stereocenters. The topological polar surface area (TPSA) is 75.7 Å². The molecule has 0 spiro atoms. The number of benzene rings is 2. The number of hydrogen-bond acceptors (Lipinski definition) is 5. The molecule has 1 N–H and O–H groups in total. The molecule has 0 bridgehead atoms. The summed E-state index contributed by atoms with van der Waals surface area (Å²) in [7, 11) is 1.56. The van der Waals surface area contributed by atoms with E-state index in [-0.39, 0.29) is 24.1 Å². The molecule has 144 valence electrons. The van der Waals surface area contributed by atoms with Gasteiger partial charge < -0.3 is 10.1 Å². The van der Waals surface area contributed by atoms with Crippen molar-refractivity contribution < 1.29 is 19.1 Å². The van der Waals surface area contributed by atoms with Gasteiger partial charge in [0.1, 0.15) is 5.75 Å². The van der Waals surface area contributed by atoms with E-state index in [0.717, 1.165) is 26.7 Å². The van der Waals surface area contributed by atoms with Crippen LogP contribution in [0.5, 0.6) is 5.75 Å². The Morgan fingerprint density at radius 3 is 2.68 bits per heavy atom. The molecule has 0 saturated carbocycles. The molecule has 1 aliphatic heterocycles. The average molecular weight is 461 g/mol. The van der Waals surface area contributed by atoms with Gasteiger partial charge in [0.05, 0.1) is 12.0 Å². The molecule has 8 heteroatoms. The molecule has 2 aromatic carbocycles. The third-order valence-electron chi connectivity index (χ3n) is 3.96. The molecule has 1 aliphatic rings. The summed E-state index contributed by atoms with van der Waals surface area (Å²) in [5.74, 6) is 0.00463. The van der Waals surface area contributed by atoms with Gasteiger partial charge in [0.15, 0.2) is 0 Å². The van der Waals surface area contributed by atoms with Crippen LogP contribution >= 0.6 is 27.7 Å². The molecule has 3 rings (SSSR count). The van der Waals surface area contributed by atoms with Gasteiger partial charge in [-0.15, -0.1) is 0 Å². The third kappa shape index (κ3) is 5.02. The van der Waals surface area contributed by atoms with E-state index in [0.29, 0.717) is 16.3 Å².